The number of aliphatic hydroxyl groups excluding tert-OH is 1. The van der Waals surface area contributed by atoms with Crippen LogP contribution in [0.5, 0.6) is 0 Å². The molecule has 0 atom stereocenters. The molecule has 5 nitrogen and oxygen atoms in total. The van der Waals surface area contributed by atoms with Crippen molar-refractivity contribution >= 4 is 22.4 Å². The van der Waals surface area contributed by atoms with Gasteiger partial charge in [0.2, 0.25) is 0 Å². The van der Waals surface area contributed by atoms with Crippen molar-refractivity contribution in [2.45, 2.75) is 56.7 Å². The standard InChI is InChI=1S/C16H25N3O2S/c20-14-5-3-12(4-6-14)17-16(21)18-13-7-9-19(10-8-13)15-2-1-11-22-15/h1-2,11-14,20H,3-10H2,(H2,17,18,21). The van der Waals surface area contributed by atoms with Gasteiger partial charge in [0.05, 0.1) is 11.1 Å². The van der Waals surface area contributed by atoms with Gasteiger partial charge in [-0.05, 0) is 56.0 Å². The Morgan fingerprint density at radius 1 is 1.09 bits per heavy atom. The second kappa shape index (κ2) is 7.33. The van der Waals surface area contributed by atoms with Gasteiger partial charge in [0, 0.05) is 25.2 Å². The van der Waals surface area contributed by atoms with Gasteiger partial charge in [0.25, 0.3) is 0 Å². The summed E-state index contributed by atoms with van der Waals surface area (Å²) >= 11 is 1.77. The first-order valence-electron chi connectivity index (χ1n) is 8.24. The van der Waals surface area contributed by atoms with Crippen LogP contribution in [0.25, 0.3) is 0 Å². The van der Waals surface area contributed by atoms with E-state index in [0.717, 1.165) is 51.6 Å². The first-order chi connectivity index (χ1) is 10.7. The van der Waals surface area contributed by atoms with Crippen LogP contribution in [-0.4, -0.2) is 42.4 Å². The van der Waals surface area contributed by atoms with E-state index >= 15 is 0 Å². The highest BCUT2D eigenvalue weighted by Gasteiger charge is 2.24. The van der Waals surface area contributed by atoms with Crippen molar-refractivity contribution in [1.29, 1.82) is 0 Å². The van der Waals surface area contributed by atoms with Crippen molar-refractivity contribution in [2.75, 3.05) is 18.0 Å². The third-order valence-electron chi connectivity index (χ3n) is 4.68. The fraction of sp³-hybridized carbons (Fsp3) is 0.688. The highest BCUT2D eigenvalue weighted by molar-refractivity contribution is 7.14. The zero-order chi connectivity index (χ0) is 15.4. The van der Waals surface area contributed by atoms with Crippen LogP contribution < -0.4 is 15.5 Å². The predicted octanol–water partition coefficient (Wildman–Crippen LogP) is 2.32. The number of aliphatic hydroxyl groups is 1. The van der Waals surface area contributed by atoms with Crippen molar-refractivity contribution in [3.8, 4) is 0 Å². The molecule has 2 fully saturated rings. The molecule has 122 valence electrons. The van der Waals surface area contributed by atoms with E-state index in [1.165, 1.54) is 5.00 Å². The number of anilines is 1. The van der Waals surface area contributed by atoms with Gasteiger partial charge in [0.15, 0.2) is 0 Å². The summed E-state index contributed by atoms with van der Waals surface area (Å²) in [6.45, 7) is 2.00. The number of carbonyl (C=O) groups excluding carboxylic acids is 1. The van der Waals surface area contributed by atoms with Gasteiger partial charge in [0.1, 0.15) is 0 Å². The van der Waals surface area contributed by atoms with E-state index in [0.29, 0.717) is 0 Å². The Morgan fingerprint density at radius 2 is 1.73 bits per heavy atom. The van der Waals surface area contributed by atoms with E-state index in [2.05, 4.69) is 33.0 Å². The van der Waals surface area contributed by atoms with Gasteiger partial charge in [-0.15, -0.1) is 11.3 Å². The average molecular weight is 323 g/mol. The molecule has 6 heteroatoms. The normalized spacial score (nSPS) is 26.7. The highest BCUT2D eigenvalue weighted by Crippen LogP contribution is 2.24. The summed E-state index contributed by atoms with van der Waals surface area (Å²) in [6, 6.07) is 4.68. The Hall–Kier alpha value is -1.27. The SMILES string of the molecule is O=C(NC1CCC(O)CC1)NC1CCN(c2cccs2)CC1. The maximum Gasteiger partial charge on any atom is 0.315 e. The van der Waals surface area contributed by atoms with Crippen molar-refractivity contribution < 1.29 is 9.90 Å². The van der Waals surface area contributed by atoms with Gasteiger partial charge in [-0.1, -0.05) is 0 Å². The fourth-order valence-electron chi connectivity index (χ4n) is 3.33. The Kier molecular flexibility index (Phi) is 5.20. The van der Waals surface area contributed by atoms with Gasteiger partial charge in [-0.3, -0.25) is 0 Å². The molecule has 1 saturated heterocycles. The summed E-state index contributed by atoms with van der Waals surface area (Å²) < 4.78 is 0. The average Bonchev–Trinajstić information content (AvgIpc) is 3.05. The van der Waals surface area contributed by atoms with E-state index in [-0.39, 0.29) is 24.2 Å². The molecule has 1 aromatic rings. The van der Waals surface area contributed by atoms with Crippen LogP contribution in [0.4, 0.5) is 9.80 Å². The van der Waals surface area contributed by atoms with Crippen LogP contribution in [0.1, 0.15) is 38.5 Å². The first kappa shape index (κ1) is 15.6. The Bertz CT molecular complexity index is 464. The maximum absolute atomic E-state index is 12.1. The molecule has 2 aliphatic rings. The van der Waals surface area contributed by atoms with E-state index in [1.54, 1.807) is 11.3 Å². The number of thiophene rings is 1. The number of carbonyl (C=O) groups is 1. The lowest BCUT2D eigenvalue weighted by Gasteiger charge is -2.33. The molecule has 1 aliphatic carbocycles. The topological polar surface area (TPSA) is 64.6 Å². The fourth-order valence-corrected chi connectivity index (χ4v) is 4.11. The molecule has 22 heavy (non-hydrogen) atoms. The van der Waals surface area contributed by atoms with Crippen LogP contribution >= 0.6 is 11.3 Å². The van der Waals surface area contributed by atoms with Crippen LogP contribution in [0, 0.1) is 0 Å². The Morgan fingerprint density at radius 3 is 2.32 bits per heavy atom. The van der Waals surface area contributed by atoms with Gasteiger partial charge in [-0.25, -0.2) is 4.79 Å². The summed E-state index contributed by atoms with van der Waals surface area (Å²) in [6.07, 6.45) is 5.16. The summed E-state index contributed by atoms with van der Waals surface area (Å²) in [4.78, 5) is 14.5. The molecule has 2 amide bonds. The molecule has 0 bridgehead atoms. The van der Waals surface area contributed by atoms with Gasteiger partial charge in [-0.2, -0.15) is 0 Å². The third-order valence-corrected chi connectivity index (χ3v) is 5.61. The quantitative estimate of drug-likeness (QED) is 0.800. The molecule has 0 spiro atoms. The number of nitrogens with zero attached hydrogens (tertiary/aromatic N) is 1. The molecule has 0 radical (unpaired) electrons. The number of amides is 2. The molecule has 1 saturated carbocycles. The summed E-state index contributed by atoms with van der Waals surface area (Å²) in [5, 5.41) is 19.1. The van der Waals surface area contributed by atoms with Gasteiger partial charge >= 0.3 is 6.03 Å². The number of rotatable bonds is 3. The smallest absolute Gasteiger partial charge is 0.315 e. The largest absolute Gasteiger partial charge is 0.393 e. The van der Waals surface area contributed by atoms with Crippen LogP contribution in [0.3, 0.4) is 0 Å². The number of hydrogen-bond donors (Lipinski definition) is 3. The first-order valence-corrected chi connectivity index (χ1v) is 9.12. The minimum Gasteiger partial charge on any atom is -0.393 e. The second-order valence-corrected chi connectivity index (χ2v) is 7.26. The number of piperidine rings is 1. The maximum atomic E-state index is 12.1. The van der Waals surface area contributed by atoms with E-state index in [4.69, 9.17) is 0 Å². The molecule has 0 aromatic carbocycles. The molecular formula is C16H25N3O2S. The number of hydrogen-bond acceptors (Lipinski definition) is 4. The lowest BCUT2D eigenvalue weighted by molar-refractivity contribution is 0.117. The molecule has 3 N–H and O–H groups in total. The third kappa shape index (κ3) is 4.14. The molecular weight excluding hydrogens is 298 g/mol. The molecule has 1 aromatic heterocycles. The van der Waals surface area contributed by atoms with Crippen LogP contribution in [-0.2, 0) is 0 Å². The summed E-state index contributed by atoms with van der Waals surface area (Å²) in [7, 11) is 0. The Labute approximate surface area is 135 Å². The van der Waals surface area contributed by atoms with Crippen LogP contribution in [0.2, 0.25) is 0 Å². The predicted molar refractivity (Wildman–Crippen MR) is 89.5 cm³/mol. The zero-order valence-corrected chi connectivity index (χ0v) is 13.6. The Balaban J connectivity index is 1.38. The van der Waals surface area contributed by atoms with Crippen molar-refractivity contribution in [1.82, 2.24) is 10.6 Å². The summed E-state index contributed by atoms with van der Waals surface area (Å²) in [5.74, 6) is 0. The minimum atomic E-state index is -0.178. The lowest BCUT2D eigenvalue weighted by atomic mass is 9.93. The number of urea groups is 1. The van der Waals surface area contributed by atoms with E-state index in [1.807, 2.05) is 0 Å². The second-order valence-electron chi connectivity index (χ2n) is 6.34. The molecule has 2 heterocycles. The lowest BCUT2D eigenvalue weighted by Crippen LogP contribution is -2.50. The van der Waals surface area contributed by atoms with Gasteiger partial charge < -0.3 is 20.6 Å². The highest BCUT2D eigenvalue weighted by atomic mass is 32.1. The van der Waals surface area contributed by atoms with E-state index < -0.39 is 0 Å². The van der Waals surface area contributed by atoms with E-state index in [9.17, 15) is 9.90 Å². The zero-order valence-electron chi connectivity index (χ0n) is 12.8. The van der Waals surface area contributed by atoms with Crippen molar-refractivity contribution in [2.24, 2.45) is 0 Å². The monoisotopic (exact) mass is 323 g/mol. The van der Waals surface area contributed by atoms with Crippen molar-refractivity contribution in [3.05, 3.63) is 17.5 Å². The molecule has 0 unspecified atom stereocenters. The molecule has 3 rings (SSSR count). The van der Waals surface area contributed by atoms with Crippen LogP contribution in [0.15, 0.2) is 17.5 Å². The van der Waals surface area contributed by atoms with Crippen molar-refractivity contribution in [3.63, 3.8) is 0 Å². The minimum absolute atomic E-state index is 0.0454. The summed E-state index contributed by atoms with van der Waals surface area (Å²) in [5.41, 5.74) is 0. The molecule has 1 aliphatic heterocycles. The number of nitrogens with one attached hydrogen (secondary N) is 2.